The summed E-state index contributed by atoms with van der Waals surface area (Å²) in [6.45, 7) is 9.02. The molecule has 0 atom stereocenters. The van der Waals surface area contributed by atoms with E-state index in [1.807, 2.05) is 0 Å². The molecule has 3 aliphatic carbocycles. The van der Waals surface area contributed by atoms with Crippen LogP contribution >= 0.6 is 0 Å². The van der Waals surface area contributed by atoms with Crippen LogP contribution in [-0.2, 0) is 5.41 Å². The van der Waals surface area contributed by atoms with E-state index in [0.29, 0.717) is 17.5 Å². The lowest BCUT2D eigenvalue weighted by Crippen LogP contribution is -2.43. The molecule has 3 fully saturated rings. The standard InChI is InChI=1S/C46H58N2/c1-34-8-20-40(21-9-34)47(41-22-10-35(2)11-23-41)44-28-16-38(17-29-44)46(32-6-5-7-33-46)39-18-30-45(31-19-39)48(42-24-12-36(3)13-25-42)43-26-14-37(4)15-27-43/h8-13,18-25,30-31,37-38,43-44H,5-7,14-17,26-29,32-33H2,1-4H3. The van der Waals surface area contributed by atoms with E-state index in [1.165, 1.54) is 123 Å². The molecule has 0 saturated heterocycles. The average molecular weight is 639 g/mol. The predicted molar refractivity (Wildman–Crippen MR) is 206 cm³/mol. The zero-order valence-electron chi connectivity index (χ0n) is 30.1. The molecule has 0 N–H and O–H groups in total. The van der Waals surface area contributed by atoms with Gasteiger partial charge >= 0.3 is 0 Å². The molecular weight excluding hydrogens is 581 g/mol. The first-order valence-corrected chi connectivity index (χ1v) is 19.3. The molecule has 0 amide bonds. The van der Waals surface area contributed by atoms with Gasteiger partial charge in [0.1, 0.15) is 0 Å². The highest BCUT2D eigenvalue weighted by Crippen LogP contribution is 2.52. The van der Waals surface area contributed by atoms with E-state index in [4.69, 9.17) is 0 Å². The first kappa shape index (κ1) is 33.0. The van der Waals surface area contributed by atoms with Crippen LogP contribution in [-0.4, -0.2) is 12.1 Å². The Kier molecular flexibility index (Phi) is 9.99. The molecule has 0 radical (unpaired) electrons. The minimum absolute atomic E-state index is 0.315. The minimum atomic E-state index is 0.315. The van der Waals surface area contributed by atoms with Crippen molar-refractivity contribution in [2.45, 2.75) is 129 Å². The van der Waals surface area contributed by atoms with Gasteiger partial charge in [-0.25, -0.2) is 0 Å². The molecule has 0 aliphatic heterocycles. The molecule has 0 unspecified atom stereocenters. The number of nitrogens with zero attached hydrogens (tertiary/aromatic N) is 2. The number of rotatable bonds is 8. The molecule has 0 heterocycles. The summed E-state index contributed by atoms with van der Waals surface area (Å²) in [4.78, 5) is 5.34. The van der Waals surface area contributed by atoms with Crippen LogP contribution in [0.3, 0.4) is 0 Å². The van der Waals surface area contributed by atoms with Gasteiger partial charge in [-0.05, 0) is 156 Å². The van der Waals surface area contributed by atoms with Gasteiger partial charge in [0.25, 0.3) is 0 Å². The molecule has 7 rings (SSSR count). The van der Waals surface area contributed by atoms with Crippen molar-refractivity contribution < 1.29 is 0 Å². The van der Waals surface area contributed by atoms with Crippen LogP contribution in [0, 0.1) is 32.6 Å². The van der Waals surface area contributed by atoms with Crippen molar-refractivity contribution in [3.8, 4) is 0 Å². The number of anilines is 4. The van der Waals surface area contributed by atoms with Gasteiger partial charge in [-0.2, -0.15) is 0 Å². The molecule has 2 heteroatoms. The molecule has 48 heavy (non-hydrogen) atoms. The Bertz CT molecular complexity index is 1530. The molecule has 4 aromatic carbocycles. The highest BCUT2D eigenvalue weighted by atomic mass is 15.2. The molecule has 2 nitrogen and oxygen atoms in total. The van der Waals surface area contributed by atoms with Crippen molar-refractivity contribution >= 4 is 22.7 Å². The van der Waals surface area contributed by atoms with Crippen molar-refractivity contribution in [2.75, 3.05) is 9.80 Å². The van der Waals surface area contributed by atoms with Crippen LogP contribution < -0.4 is 9.80 Å². The summed E-state index contributed by atoms with van der Waals surface area (Å²) in [7, 11) is 0. The van der Waals surface area contributed by atoms with Crippen molar-refractivity contribution in [2.24, 2.45) is 11.8 Å². The fraction of sp³-hybridized carbons (Fsp3) is 0.478. The highest BCUT2D eigenvalue weighted by Gasteiger charge is 2.43. The number of benzene rings is 4. The molecule has 3 aliphatic rings. The molecule has 0 bridgehead atoms. The monoisotopic (exact) mass is 638 g/mol. The van der Waals surface area contributed by atoms with Crippen LogP contribution in [0.5, 0.6) is 0 Å². The molecule has 3 saturated carbocycles. The smallest absolute Gasteiger partial charge is 0.0413 e. The minimum Gasteiger partial charge on any atom is -0.338 e. The van der Waals surface area contributed by atoms with Gasteiger partial charge in [-0.3, -0.25) is 0 Å². The van der Waals surface area contributed by atoms with Crippen LogP contribution in [0.4, 0.5) is 22.7 Å². The molecule has 252 valence electrons. The Morgan fingerprint density at radius 3 is 1.19 bits per heavy atom. The SMILES string of the molecule is Cc1ccc(N(c2ccc(C3(C4CCC(N(c5ccc(C)cc5)c5ccc(C)cc5)CC4)CCCCC3)cc2)C2CCC(C)CC2)cc1. The summed E-state index contributed by atoms with van der Waals surface area (Å²) < 4.78 is 0. The molecular formula is C46H58N2. The summed E-state index contributed by atoms with van der Waals surface area (Å²) in [6, 6.07) is 38.9. The zero-order valence-corrected chi connectivity index (χ0v) is 30.1. The second-order valence-electron chi connectivity index (χ2n) is 15.9. The average Bonchev–Trinajstić information content (AvgIpc) is 3.13. The maximum Gasteiger partial charge on any atom is 0.0413 e. The molecule has 4 aromatic rings. The van der Waals surface area contributed by atoms with Gasteiger partial charge < -0.3 is 9.80 Å². The van der Waals surface area contributed by atoms with Crippen LogP contribution in [0.25, 0.3) is 0 Å². The van der Waals surface area contributed by atoms with E-state index in [0.717, 1.165) is 11.8 Å². The lowest BCUT2D eigenvalue weighted by molar-refractivity contribution is 0.141. The van der Waals surface area contributed by atoms with Crippen molar-refractivity contribution in [1.29, 1.82) is 0 Å². The summed E-state index contributed by atoms with van der Waals surface area (Å²) in [6.07, 6.45) is 17.2. The third-order valence-corrected chi connectivity index (χ3v) is 12.6. The second-order valence-corrected chi connectivity index (χ2v) is 15.9. The van der Waals surface area contributed by atoms with E-state index in [9.17, 15) is 0 Å². The predicted octanol–water partition coefficient (Wildman–Crippen LogP) is 12.9. The van der Waals surface area contributed by atoms with Crippen molar-refractivity contribution in [3.63, 3.8) is 0 Å². The zero-order chi connectivity index (χ0) is 33.1. The van der Waals surface area contributed by atoms with E-state index >= 15 is 0 Å². The van der Waals surface area contributed by atoms with Crippen LogP contribution in [0.2, 0.25) is 0 Å². The Balaban J connectivity index is 1.14. The number of hydrogen-bond acceptors (Lipinski definition) is 2. The first-order valence-electron chi connectivity index (χ1n) is 19.3. The molecule has 0 aromatic heterocycles. The third kappa shape index (κ3) is 6.96. The van der Waals surface area contributed by atoms with Gasteiger partial charge in [0.2, 0.25) is 0 Å². The molecule has 0 spiro atoms. The quantitative estimate of drug-likeness (QED) is 0.189. The second kappa shape index (κ2) is 14.5. The summed E-state index contributed by atoms with van der Waals surface area (Å²) in [5.74, 6) is 1.61. The van der Waals surface area contributed by atoms with E-state index in [1.54, 1.807) is 5.56 Å². The topological polar surface area (TPSA) is 6.48 Å². The van der Waals surface area contributed by atoms with Gasteiger partial charge in [0.05, 0.1) is 0 Å². The third-order valence-electron chi connectivity index (χ3n) is 12.6. The van der Waals surface area contributed by atoms with E-state index in [-0.39, 0.29) is 0 Å². The lowest BCUT2D eigenvalue weighted by Gasteiger charge is -2.49. The fourth-order valence-corrected chi connectivity index (χ4v) is 9.71. The van der Waals surface area contributed by atoms with Gasteiger partial charge in [-0.1, -0.05) is 91.4 Å². The Hall–Kier alpha value is -3.52. The van der Waals surface area contributed by atoms with Crippen molar-refractivity contribution in [3.05, 3.63) is 119 Å². The first-order chi connectivity index (χ1) is 23.4. The summed E-state index contributed by atoms with van der Waals surface area (Å²) in [5.41, 5.74) is 11.3. The van der Waals surface area contributed by atoms with Gasteiger partial charge in [0.15, 0.2) is 0 Å². The summed E-state index contributed by atoms with van der Waals surface area (Å²) in [5, 5.41) is 0. The fourth-order valence-electron chi connectivity index (χ4n) is 9.71. The van der Waals surface area contributed by atoms with Crippen LogP contribution in [0.15, 0.2) is 97.1 Å². The summed E-state index contributed by atoms with van der Waals surface area (Å²) >= 11 is 0. The normalized spacial score (nSPS) is 24.2. The maximum atomic E-state index is 2.68. The Labute approximate surface area is 291 Å². The lowest BCUT2D eigenvalue weighted by atomic mass is 9.58. The number of hydrogen-bond donors (Lipinski definition) is 0. The van der Waals surface area contributed by atoms with E-state index in [2.05, 4.69) is 135 Å². The Morgan fingerprint density at radius 1 is 0.438 bits per heavy atom. The highest BCUT2D eigenvalue weighted by molar-refractivity contribution is 5.66. The number of aryl methyl sites for hydroxylation is 3. The largest absolute Gasteiger partial charge is 0.338 e. The Morgan fingerprint density at radius 2 is 0.792 bits per heavy atom. The maximum absolute atomic E-state index is 2.68. The van der Waals surface area contributed by atoms with Gasteiger partial charge in [-0.15, -0.1) is 0 Å². The van der Waals surface area contributed by atoms with E-state index < -0.39 is 0 Å². The van der Waals surface area contributed by atoms with Gasteiger partial charge in [0, 0.05) is 34.8 Å². The van der Waals surface area contributed by atoms with Crippen LogP contribution in [0.1, 0.15) is 113 Å². The van der Waals surface area contributed by atoms with Crippen molar-refractivity contribution in [1.82, 2.24) is 0 Å².